The lowest BCUT2D eigenvalue weighted by Gasteiger charge is -1.93. The Kier molecular flexibility index (Phi) is 3.94. The molecule has 5 nitrogen and oxygen atoms in total. The molecule has 0 aliphatic rings. The fraction of sp³-hybridized carbons (Fsp3) is 0.222. The zero-order chi connectivity index (χ0) is 11.3. The molecule has 0 aliphatic heterocycles. The van der Waals surface area contributed by atoms with Gasteiger partial charge in [0, 0.05) is 0 Å². The summed E-state index contributed by atoms with van der Waals surface area (Å²) in [6.45, 7) is 0. The van der Waals surface area contributed by atoms with Gasteiger partial charge in [0.25, 0.3) is 5.56 Å². The van der Waals surface area contributed by atoms with Gasteiger partial charge in [-0.25, -0.2) is 4.98 Å². The predicted molar refractivity (Wildman–Crippen MR) is 57.3 cm³/mol. The Balaban J connectivity index is 2.90. The first-order valence-electron chi connectivity index (χ1n) is 4.04. The molecule has 0 fully saturated rings. The van der Waals surface area contributed by atoms with Gasteiger partial charge in [0.2, 0.25) is 5.91 Å². The first-order valence-corrected chi connectivity index (χ1v) is 5.26. The molecule has 0 unspecified atom stereocenters. The number of nitrogens with two attached hydrogens (primary N) is 1. The third-order valence-electron chi connectivity index (χ3n) is 1.46. The van der Waals surface area contributed by atoms with Crippen LogP contribution in [-0.2, 0) is 4.79 Å². The van der Waals surface area contributed by atoms with Crippen LogP contribution in [0.3, 0.4) is 0 Å². The second kappa shape index (κ2) is 5.22. The summed E-state index contributed by atoms with van der Waals surface area (Å²) in [5, 5.41) is 0.528. The van der Waals surface area contributed by atoms with Crippen molar-refractivity contribution in [2.24, 2.45) is 5.73 Å². The molecule has 0 radical (unpaired) electrons. The molecule has 0 saturated heterocycles. The van der Waals surface area contributed by atoms with Crippen molar-refractivity contribution in [2.75, 3.05) is 6.26 Å². The van der Waals surface area contributed by atoms with Crippen molar-refractivity contribution >= 4 is 17.7 Å². The van der Waals surface area contributed by atoms with Crippen molar-refractivity contribution < 1.29 is 4.79 Å². The van der Waals surface area contributed by atoms with Crippen LogP contribution in [0.1, 0.15) is 12.0 Å². The maximum absolute atomic E-state index is 11.3. The number of aromatic nitrogens is 2. The third kappa shape index (κ3) is 3.48. The second-order valence-electron chi connectivity index (χ2n) is 2.58. The highest BCUT2D eigenvalue weighted by Crippen LogP contribution is 2.03. The van der Waals surface area contributed by atoms with E-state index in [0.29, 0.717) is 5.16 Å². The topological polar surface area (TPSA) is 88.8 Å². The number of hydrogen-bond acceptors (Lipinski definition) is 4. The molecule has 1 amide bonds. The number of thioether (sulfide) groups is 1. The van der Waals surface area contributed by atoms with E-state index in [9.17, 15) is 9.59 Å². The Morgan fingerprint density at radius 1 is 1.73 bits per heavy atom. The molecule has 1 aromatic heterocycles. The SMILES string of the molecule is CSc1ncc(C#CCC(N)=O)c(=O)[nH]1. The van der Waals surface area contributed by atoms with E-state index < -0.39 is 5.91 Å². The number of carbonyl (C=O) groups excluding carboxylic acids is 1. The lowest BCUT2D eigenvalue weighted by atomic mass is 10.3. The fourth-order valence-corrected chi connectivity index (χ4v) is 1.15. The number of hydrogen-bond donors (Lipinski definition) is 2. The predicted octanol–water partition coefficient (Wildman–Crippen LogP) is -0.281. The number of nitrogens with zero attached hydrogens (tertiary/aromatic N) is 1. The molecule has 0 bridgehead atoms. The van der Waals surface area contributed by atoms with Gasteiger partial charge in [-0.2, -0.15) is 0 Å². The Morgan fingerprint density at radius 2 is 2.47 bits per heavy atom. The van der Waals surface area contributed by atoms with Gasteiger partial charge in [-0.3, -0.25) is 9.59 Å². The molecule has 1 heterocycles. The van der Waals surface area contributed by atoms with Crippen LogP contribution in [-0.4, -0.2) is 22.1 Å². The minimum absolute atomic E-state index is 0.0658. The Bertz CT molecular complexity index is 484. The van der Waals surface area contributed by atoms with Gasteiger partial charge in [-0.15, -0.1) is 0 Å². The number of carbonyl (C=O) groups is 1. The van der Waals surface area contributed by atoms with E-state index in [1.54, 1.807) is 6.26 Å². The van der Waals surface area contributed by atoms with Crippen LogP contribution >= 0.6 is 11.8 Å². The van der Waals surface area contributed by atoms with E-state index in [1.165, 1.54) is 18.0 Å². The Labute approximate surface area is 90.5 Å². The zero-order valence-corrected chi connectivity index (χ0v) is 8.85. The third-order valence-corrected chi connectivity index (χ3v) is 2.05. The van der Waals surface area contributed by atoms with Crippen molar-refractivity contribution in [3.05, 3.63) is 22.1 Å². The minimum atomic E-state index is -0.521. The van der Waals surface area contributed by atoms with Gasteiger partial charge in [-0.05, 0) is 6.26 Å². The smallest absolute Gasteiger partial charge is 0.267 e. The monoisotopic (exact) mass is 223 g/mol. The highest BCUT2D eigenvalue weighted by atomic mass is 32.2. The van der Waals surface area contributed by atoms with Gasteiger partial charge in [-0.1, -0.05) is 23.6 Å². The number of amides is 1. The van der Waals surface area contributed by atoms with Crippen LogP contribution in [0.25, 0.3) is 0 Å². The van der Waals surface area contributed by atoms with Gasteiger partial charge >= 0.3 is 0 Å². The quantitative estimate of drug-likeness (QED) is 0.410. The normalized spacial score (nSPS) is 9.13. The number of aromatic amines is 1. The van der Waals surface area contributed by atoms with Crippen LogP contribution in [0.5, 0.6) is 0 Å². The molecule has 6 heteroatoms. The largest absolute Gasteiger partial charge is 0.369 e. The lowest BCUT2D eigenvalue weighted by Crippen LogP contribution is -2.12. The summed E-state index contributed by atoms with van der Waals surface area (Å²) in [5.41, 5.74) is 4.81. The number of primary amides is 1. The summed E-state index contributed by atoms with van der Waals surface area (Å²) in [7, 11) is 0. The van der Waals surface area contributed by atoms with Crippen LogP contribution in [0.2, 0.25) is 0 Å². The fourth-order valence-electron chi connectivity index (χ4n) is 0.798. The highest BCUT2D eigenvalue weighted by molar-refractivity contribution is 7.98. The average molecular weight is 223 g/mol. The first-order chi connectivity index (χ1) is 7.13. The lowest BCUT2D eigenvalue weighted by molar-refractivity contribution is -0.117. The molecule has 78 valence electrons. The van der Waals surface area contributed by atoms with Crippen molar-refractivity contribution in [1.29, 1.82) is 0 Å². The molecule has 1 rings (SSSR count). The number of H-pyrrole nitrogens is 1. The molecule has 0 aromatic carbocycles. The highest BCUT2D eigenvalue weighted by Gasteiger charge is 1.98. The second-order valence-corrected chi connectivity index (χ2v) is 3.38. The number of rotatable bonds is 2. The van der Waals surface area contributed by atoms with Crippen molar-refractivity contribution in [3.8, 4) is 11.8 Å². The van der Waals surface area contributed by atoms with Gasteiger partial charge < -0.3 is 10.7 Å². The maximum Gasteiger partial charge on any atom is 0.267 e. The van der Waals surface area contributed by atoms with Crippen LogP contribution < -0.4 is 11.3 Å². The number of nitrogens with one attached hydrogen (secondary N) is 1. The van der Waals surface area contributed by atoms with Crippen LogP contribution in [0.15, 0.2) is 16.1 Å². The summed E-state index contributed by atoms with van der Waals surface area (Å²) in [5.74, 6) is 4.50. The average Bonchev–Trinajstić information content (AvgIpc) is 2.20. The molecule has 3 N–H and O–H groups in total. The van der Waals surface area contributed by atoms with E-state index in [0.717, 1.165) is 0 Å². The molecule has 1 aromatic rings. The minimum Gasteiger partial charge on any atom is -0.369 e. The summed E-state index contributed by atoms with van der Waals surface area (Å²) in [6.07, 6.45) is 3.11. The summed E-state index contributed by atoms with van der Waals surface area (Å²) < 4.78 is 0. The molecular weight excluding hydrogens is 214 g/mol. The molecule has 15 heavy (non-hydrogen) atoms. The van der Waals surface area contributed by atoms with Crippen LogP contribution in [0, 0.1) is 11.8 Å². The summed E-state index contributed by atoms with van der Waals surface area (Å²) >= 11 is 1.33. The van der Waals surface area contributed by atoms with Gasteiger partial charge in [0.15, 0.2) is 5.16 Å². The maximum atomic E-state index is 11.3. The molecule has 0 aliphatic carbocycles. The zero-order valence-electron chi connectivity index (χ0n) is 8.03. The van der Waals surface area contributed by atoms with E-state index in [4.69, 9.17) is 5.73 Å². The molecule has 0 spiro atoms. The van der Waals surface area contributed by atoms with Crippen molar-refractivity contribution in [2.45, 2.75) is 11.6 Å². The van der Waals surface area contributed by atoms with Crippen LogP contribution in [0.4, 0.5) is 0 Å². The van der Waals surface area contributed by atoms with E-state index in [1.807, 2.05) is 0 Å². The Morgan fingerprint density at radius 3 is 3.00 bits per heavy atom. The van der Waals surface area contributed by atoms with Gasteiger partial charge in [0.05, 0.1) is 12.6 Å². The summed E-state index contributed by atoms with van der Waals surface area (Å²) in [6, 6.07) is 0. The molecule has 0 saturated carbocycles. The van der Waals surface area contributed by atoms with E-state index in [2.05, 4.69) is 21.8 Å². The van der Waals surface area contributed by atoms with E-state index in [-0.39, 0.29) is 17.5 Å². The first kappa shape index (κ1) is 11.3. The summed E-state index contributed by atoms with van der Waals surface area (Å²) in [4.78, 5) is 28.2. The molecule has 0 atom stereocenters. The van der Waals surface area contributed by atoms with Crippen molar-refractivity contribution in [3.63, 3.8) is 0 Å². The molecular formula is C9H9N3O2S. The standard InChI is InChI=1S/C9H9N3O2S/c1-15-9-11-5-6(8(14)12-9)3-2-4-7(10)13/h5H,4H2,1H3,(H2,10,13)(H,11,12,14). The van der Waals surface area contributed by atoms with Gasteiger partial charge in [0.1, 0.15) is 5.56 Å². The Hall–Kier alpha value is -1.74. The van der Waals surface area contributed by atoms with Crippen molar-refractivity contribution in [1.82, 2.24) is 9.97 Å². The van der Waals surface area contributed by atoms with E-state index >= 15 is 0 Å².